The van der Waals surface area contributed by atoms with Crippen molar-refractivity contribution in [2.24, 2.45) is 0 Å². The second kappa shape index (κ2) is 7.73. The van der Waals surface area contributed by atoms with Gasteiger partial charge in [0.25, 0.3) is 5.91 Å². The highest BCUT2D eigenvalue weighted by Crippen LogP contribution is 2.25. The van der Waals surface area contributed by atoms with Gasteiger partial charge in [-0.3, -0.25) is 4.79 Å². The molecule has 1 aromatic heterocycles. The molecule has 0 aliphatic carbocycles. The smallest absolute Gasteiger partial charge is 0.341 e. The van der Waals surface area contributed by atoms with Crippen molar-refractivity contribution in [3.8, 4) is 6.01 Å². The number of alkyl halides is 2. The summed E-state index contributed by atoms with van der Waals surface area (Å²) >= 11 is 0. The highest BCUT2D eigenvalue weighted by Gasteiger charge is 2.31. The van der Waals surface area contributed by atoms with Gasteiger partial charge >= 0.3 is 11.8 Å². The van der Waals surface area contributed by atoms with Crippen molar-refractivity contribution in [2.45, 2.75) is 31.4 Å². The Kier molecular flexibility index (Phi) is 5.86. The maximum Gasteiger partial charge on any atom is 0.341 e. The van der Waals surface area contributed by atoms with Crippen LogP contribution < -0.4 is 10.1 Å². The van der Waals surface area contributed by atoms with E-state index in [1.807, 2.05) is 0 Å². The lowest BCUT2D eigenvalue weighted by Gasteiger charge is -2.14. The number of nitrogens with one attached hydrogen (secondary N) is 1. The summed E-state index contributed by atoms with van der Waals surface area (Å²) in [6.07, 6.45) is 0. The Morgan fingerprint density at radius 1 is 1.19 bits per heavy atom. The molecule has 140 valence electrons. The Balaban J connectivity index is 2.41. The number of hydrogen-bond donors (Lipinski definition) is 1. The minimum atomic E-state index is -4.92. The highest BCUT2D eigenvalue weighted by molar-refractivity contribution is 7.91. The molecular formula is C16H17F2N3O4S. The van der Waals surface area contributed by atoms with Crippen molar-refractivity contribution in [2.75, 3.05) is 11.9 Å². The van der Waals surface area contributed by atoms with Crippen LogP contribution in [0.2, 0.25) is 0 Å². The first kappa shape index (κ1) is 19.7. The molecular weight excluding hydrogens is 368 g/mol. The first-order chi connectivity index (χ1) is 12.2. The molecule has 7 nitrogen and oxygen atoms in total. The van der Waals surface area contributed by atoms with Crippen molar-refractivity contribution in [3.05, 3.63) is 41.2 Å². The van der Waals surface area contributed by atoms with E-state index in [4.69, 9.17) is 4.74 Å². The summed E-state index contributed by atoms with van der Waals surface area (Å²) in [4.78, 5) is 19.9. The first-order valence-electron chi connectivity index (χ1n) is 7.59. The van der Waals surface area contributed by atoms with E-state index in [2.05, 4.69) is 15.3 Å². The summed E-state index contributed by atoms with van der Waals surface area (Å²) < 4.78 is 54.5. The van der Waals surface area contributed by atoms with Gasteiger partial charge in [0.1, 0.15) is 0 Å². The van der Waals surface area contributed by atoms with Crippen molar-refractivity contribution in [3.63, 3.8) is 0 Å². The molecule has 0 atom stereocenters. The van der Waals surface area contributed by atoms with Crippen LogP contribution in [-0.4, -0.2) is 36.7 Å². The molecule has 26 heavy (non-hydrogen) atoms. The number of aryl methyl sites for hydroxylation is 2. The minimum absolute atomic E-state index is 0.140. The number of carbonyl (C=O) groups excluding carboxylic acids is 1. The SMILES string of the molecule is CCOc1nc(C)c(NC(=O)c2ccccc2S(=O)(=O)C(F)F)c(C)n1. The van der Waals surface area contributed by atoms with E-state index in [0.717, 1.165) is 12.1 Å². The summed E-state index contributed by atoms with van der Waals surface area (Å²) in [7, 11) is -4.92. The molecule has 0 saturated heterocycles. The van der Waals surface area contributed by atoms with Crippen LogP contribution in [0.4, 0.5) is 14.5 Å². The third-order valence-corrected chi connectivity index (χ3v) is 4.87. The number of anilines is 1. The number of hydrogen-bond acceptors (Lipinski definition) is 6. The first-order valence-corrected chi connectivity index (χ1v) is 9.13. The third kappa shape index (κ3) is 3.96. The largest absolute Gasteiger partial charge is 0.464 e. The van der Waals surface area contributed by atoms with E-state index in [1.54, 1.807) is 20.8 Å². The number of halogens is 2. The number of sulfone groups is 1. The molecule has 0 aliphatic heterocycles. The van der Waals surface area contributed by atoms with Crippen molar-refractivity contribution >= 4 is 21.4 Å². The second-order valence-electron chi connectivity index (χ2n) is 5.24. The van der Waals surface area contributed by atoms with Crippen molar-refractivity contribution in [1.82, 2.24) is 9.97 Å². The molecule has 10 heteroatoms. The van der Waals surface area contributed by atoms with E-state index in [0.29, 0.717) is 18.0 Å². The van der Waals surface area contributed by atoms with Crippen LogP contribution in [0.5, 0.6) is 6.01 Å². The summed E-state index contributed by atoms with van der Waals surface area (Å²) in [6.45, 7) is 5.34. The summed E-state index contributed by atoms with van der Waals surface area (Å²) in [6, 6.07) is 4.91. The predicted octanol–water partition coefficient (Wildman–Crippen LogP) is 2.74. The van der Waals surface area contributed by atoms with Gasteiger partial charge in [-0.05, 0) is 32.9 Å². The molecule has 0 bridgehead atoms. The summed E-state index contributed by atoms with van der Waals surface area (Å²) in [5.41, 5.74) is 0.648. The van der Waals surface area contributed by atoms with Crippen LogP contribution in [0.25, 0.3) is 0 Å². The molecule has 1 N–H and O–H groups in total. The number of nitrogens with zero attached hydrogens (tertiary/aromatic N) is 2. The fraction of sp³-hybridized carbons (Fsp3) is 0.312. The van der Waals surface area contributed by atoms with Crippen LogP contribution >= 0.6 is 0 Å². The lowest BCUT2D eigenvalue weighted by atomic mass is 10.2. The summed E-state index contributed by atoms with van der Waals surface area (Å²) in [5, 5.41) is 2.49. The zero-order chi connectivity index (χ0) is 19.5. The van der Waals surface area contributed by atoms with Crippen molar-refractivity contribution < 1.29 is 26.7 Å². The summed E-state index contributed by atoms with van der Waals surface area (Å²) in [5.74, 6) is -4.49. The average molecular weight is 385 g/mol. The van der Waals surface area contributed by atoms with Crippen LogP contribution in [0, 0.1) is 13.8 Å². The maximum atomic E-state index is 12.9. The van der Waals surface area contributed by atoms with E-state index in [1.165, 1.54) is 12.1 Å². The third-order valence-electron chi connectivity index (χ3n) is 3.44. The molecule has 0 aliphatic rings. The zero-order valence-electron chi connectivity index (χ0n) is 14.3. The van der Waals surface area contributed by atoms with E-state index < -0.39 is 26.4 Å². The highest BCUT2D eigenvalue weighted by atomic mass is 32.2. The van der Waals surface area contributed by atoms with Crippen LogP contribution in [0.3, 0.4) is 0 Å². The monoisotopic (exact) mass is 385 g/mol. The number of ether oxygens (including phenoxy) is 1. The normalized spacial score (nSPS) is 11.5. The molecule has 1 amide bonds. The van der Waals surface area contributed by atoms with Crippen LogP contribution in [0.1, 0.15) is 28.7 Å². The Labute approximate surface area is 149 Å². The van der Waals surface area contributed by atoms with Crippen molar-refractivity contribution in [1.29, 1.82) is 0 Å². The predicted molar refractivity (Wildman–Crippen MR) is 90.3 cm³/mol. The van der Waals surface area contributed by atoms with Gasteiger partial charge in [-0.15, -0.1) is 0 Å². The number of amides is 1. The molecule has 2 rings (SSSR count). The van der Waals surface area contributed by atoms with E-state index in [9.17, 15) is 22.0 Å². The fourth-order valence-corrected chi connectivity index (χ4v) is 3.17. The van der Waals surface area contributed by atoms with E-state index >= 15 is 0 Å². The lowest BCUT2D eigenvalue weighted by Crippen LogP contribution is -2.21. The Bertz CT molecular complexity index is 910. The van der Waals surface area contributed by atoms with Gasteiger partial charge in [-0.25, -0.2) is 8.42 Å². The molecule has 0 saturated carbocycles. The lowest BCUT2D eigenvalue weighted by molar-refractivity contribution is 0.102. The number of benzene rings is 1. The van der Waals surface area contributed by atoms with Crippen LogP contribution in [-0.2, 0) is 9.84 Å². The minimum Gasteiger partial charge on any atom is -0.464 e. The van der Waals surface area contributed by atoms with Gasteiger partial charge in [0.05, 0.1) is 34.1 Å². The maximum absolute atomic E-state index is 12.9. The van der Waals surface area contributed by atoms with Gasteiger partial charge in [-0.2, -0.15) is 18.7 Å². The van der Waals surface area contributed by atoms with Gasteiger partial charge < -0.3 is 10.1 Å². The Morgan fingerprint density at radius 2 is 1.77 bits per heavy atom. The molecule has 2 aromatic rings. The second-order valence-corrected chi connectivity index (χ2v) is 7.13. The van der Waals surface area contributed by atoms with Gasteiger partial charge in [0, 0.05) is 0 Å². The van der Waals surface area contributed by atoms with Gasteiger partial charge in [0.2, 0.25) is 9.84 Å². The zero-order valence-corrected chi connectivity index (χ0v) is 15.1. The number of rotatable bonds is 6. The standard InChI is InChI=1S/C16H17F2N3O4S/c1-4-25-16-19-9(2)13(10(3)20-16)21-14(22)11-7-5-6-8-12(11)26(23,24)15(17)18/h5-8,15H,4H2,1-3H3,(H,21,22). The van der Waals surface area contributed by atoms with Gasteiger partial charge in [-0.1, -0.05) is 12.1 Å². The molecule has 0 fully saturated rings. The Hall–Kier alpha value is -2.62. The molecule has 0 radical (unpaired) electrons. The average Bonchev–Trinajstić information content (AvgIpc) is 2.58. The van der Waals surface area contributed by atoms with E-state index in [-0.39, 0.29) is 17.3 Å². The molecule has 0 unspecified atom stereocenters. The molecule has 1 aromatic carbocycles. The topological polar surface area (TPSA) is 98.2 Å². The Morgan fingerprint density at radius 3 is 2.31 bits per heavy atom. The van der Waals surface area contributed by atoms with Crippen LogP contribution in [0.15, 0.2) is 29.2 Å². The molecule has 1 heterocycles. The molecule has 0 spiro atoms. The van der Waals surface area contributed by atoms with Gasteiger partial charge in [0.15, 0.2) is 0 Å². The number of carbonyl (C=O) groups is 1. The quantitative estimate of drug-likeness (QED) is 0.821. The fourth-order valence-electron chi connectivity index (χ4n) is 2.24. The number of aromatic nitrogens is 2.